The van der Waals surface area contributed by atoms with Gasteiger partial charge < -0.3 is 10.1 Å². The summed E-state index contributed by atoms with van der Waals surface area (Å²) in [6, 6.07) is 1.85. The predicted molar refractivity (Wildman–Crippen MR) is 87.5 cm³/mol. The van der Waals surface area contributed by atoms with Crippen molar-refractivity contribution in [3.05, 3.63) is 17.5 Å². The molecule has 134 valence electrons. The number of carbonyl (C=O) groups excluding carboxylic acids is 1. The van der Waals surface area contributed by atoms with Crippen LogP contribution >= 0.6 is 0 Å². The van der Waals surface area contributed by atoms with Gasteiger partial charge in [-0.3, -0.25) is 9.48 Å². The largest absolute Gasteiger partial charge is 0.365 e. The fourth-order valence-corrected chi connectivity index (χ4v) is 3.92. The molecule has 0 aliphatic carbocycles. The average Bonchev–Trinajstić information content (AvgIpc) is 2.94. The molecule has 3 heterocycles. The second-order valence-electron chi connectivity index (χ2n) is 6.67. The highest BCUT2D eigenvalue weighted by atomic mass is 32.2. The van der Waals surface area contributed by atoms with Crippen molar-refractivity contribution in [2.75, 3.05) is 19.4 Å². The van der Waals surface area contributed by atoms with Crippen molar-refractivity contribution in [3.63, 3.8) is 0 Å². The van der Waals surface area contributed by atoms with E-state index in [9.17, 15) is 13.2 Å². The normalized spacial score (nSPS) is 25.2. The van der Waals surface area contributed by atoms with Crippen molar-refractivity contribution in [2.45, 2.75) is 51.4 Å². The number of hydrogen-bond donors (Lipinski definition) is 1. The van der Waals surface area contributed by atoms with E-state index in [1.807, 2.05) is 17.7 Å². The second kappa shape index (κ2) is 6.45. The molecule has 0 aromatic carbocycles. The lowest BCUT2D eigenvalue weighted by Crippen LogP contribution is -2.48. The monoisotopic (exact) mass is 356 g/mol. The van der Waals surface area contributed by atoms with Crippen LogP contribution in [0.15, 0.2) is 6.07 Å². The van der Waals surface area contributed by atoms with Crippen LogP contribution in [0.4, 0.5) is 0 Å². The first-order valence-electron chi connectivity index (χ1n) is 8.21. The molecule has 1 atom stereocenters. The van der Waals surface area contributed by atoms with Gasteiger partial charge in [-0.25, -0.2) is 8.42 Å². The van der Waals surface area contributed by atoms with E-state index in [1.165, 1.54) is 10.6 Å². The van der Waals surface area contributed by atoms with E-state index in [0.29, 0.717) is 32.8 Å². The molecule has 1 aromatic heterocycles. The highest BCUT2D eigenvalue weighted by molar-refractivity contribution is 7.88. The summed E-state index contributed by atoms with van der Waals surface area (Å²) in [6.07, 6.45) is 3.92. The Bertz CT molecular complexity index is 722. The number of rotatable bonds is 4. The van der Waals surface area contributed by atoms with E-state index in [2.05, 4.69) is 10.4 Å². The Kier molecular flexibility index (Phi) is 4.67. The zero-order valence-electron chi connectivity index (χ0n) is 14.1. The maximum absolute atomic E-state index is 12.4. The summed E-state index contributed by atoms with van der Waals surface area (Å²) in [5, 5.41) is 7.33. The molecular formula is C15H24N4O4S. The summed E-state index contributed by atoms with van der Waals surface area (Å²) in [7, 11) is -3.20. The first kappa shape index (κ1) is 17.4. The summed E-state index contributed by atoms with van der Waals surface area (Å²) < 4.78 is 32.2. The quantitative estimate of drug-likeness (QED) is 0.834. The predicted octanol–water partition coefficient (Wildman–Crippen LogP) is 0.234. The number of sulfonamides is 1. The van der Waals surface area contributed by atoms with Gasteiger partial charge in [0, 0.05) is 13.2 Å². The lowest BCUT2D eigenvalue weighted by atomic mass is 9.95. The molecule has 0 unspecified atom stereocenters. The van der Waals surface area contributed by atoms with E-state index in [-0.39, 0.29) is 5.91 Å². The third-order valence-electron chi connectivity index (χ3n) is 4.66. The Morgan fingerprint density at radius 1 is 1.42 bits per heavy atom. The molecule has 1 saturated heterocycles. The van der Waals surface area contributed by atoms with Crippen molar-refractivity contribution in [1.29, 1.82) is 0 Å². The minimum atomic E-state index is -3.20. The van der Waals surface area contributed by atoms with Crippen molar-refractivity contribution >= 4 is 15.9 Å². The average molecular weight is 356 g/mol. The molecule has 2 aliphatic heterocycles. The highest BCUT2D eigenvalue weighted by Gasteiger charge is 2.35. The van der Waals surface area contributed by atoms with Crippen molar-refractivity contribution in [1.82, 2.24) is 19.4 Å². The van der Waals surface area contributed by atoms with Gasteiger partial charge in [-0.15, -0.1) is 0 Å². The number of hydrogen-bond acceptors (Lipinski definition) is 5. The number of nitrogens with zero attached hydrogens (tertiary/aromatic N) is 3. The first-order chi connectivity index (χ1) is 11.3. The van der Waals surface area contributed by atoms with Crippen molar-refractivity contribution in [3.8, 4) is 0 Å². The van der Waals surface area contributed by atoms with Gasteiger partial charge in [-0.2, -0.15) is 9.40 Å². The number of amides is 1. The third-order valence-corrected chi connectivity index (χ3v) is 5.91. The third kappa shape index (κ3) is 3.62. The van der Waals surface area contributed by atoms with Crippen LogP contribution in [-0.4, -0.2) is 53.4 Å². The molecule has 8 nitrogen and oxygen atoms in total. The van der Waals surface area contributed by atoms with Gasteiger partial charge in [0.15, 0.2) is 0 Å². The zero-order valence-corrected chi connectivity index (χ0v) is 14.9. The van der Waals surface area contributed by atoms with Crippen LogP contribution in [0.3, 0.4) is 0 Å². The van der Waals surface area contributed by atoms with Gasteiger partial charge in [0.25, 0.3) is 5.91 Å². The fraction of sp³-hybridized carbons (Fsp3) is 0.733. The van der Waals surface area contributed by atoms with Gasteiger partial charge in [0.05, 0.1) is 37.3 Å². The standard InChI is InChI=1S/C15H24N4O4S/c1-15(5-3-4-8-23-15)14(20)16-10-12-9-13-11-18(24(2,21)22)6-7-19(13)17-12/h9H,3-8,10-11H2,1-2H3,(H,16,20)/t15-/m0/s1. The van der Waals surface area contributed by atoms with Crippen LogP contribution < -0.4 is 5.32 Å². The van der Waals surface area contributed by atoms with E-state index in [4.69, 9.17) is 4.74 Å². The van der Waals surface area contributed by atoms with E-state index in [1.54, 1.807) is 0 Å². The van der Waals surface area contributed by atoms with E-state index < -0.39 is 15.6 Å². The lowest BCUT2D eigenvalue weighted by molar-refractivity contribution is -0.150. The minimum Gasteiger partial charge on any atom is -0.365 e. The lowest BCUT2D eigenvalue weighted by Gasteiger charge is -2.32. The van der Waals surface area contributed by atoms with Crippen molar-refractivity contribution in [2.24, 2.45) is 0 Å². The molecule has 9 heteroatoms. The zero-order chi connectivity index (χ0) is 17.4. The molecule has 1 amide bonds. The van der Waals surface area contributed by atoms with Crippen LogP contribution in [0, 0.1) is 0 Å². The Morgan fingerprint density at radius 2 is 2.21 bits per heavy atom. The molecule has 2 aliphatic rings. The van der Waals surface area contributed by atoms with E-state index >= 15 is 0 Å². The van der Waals surface area contributed by atoms with Crippen LogP contribution in [0.1, 0.15) is 37.6 Å². The van der Waals surface area contributed by atoms with Gasteiger partial charge >= 0.3 is 0 Å². The van der Waals surface area contributed by atoms with Gasteiger partial charge in [-0.1, -0.05) is 0 Å². The van der Waals surface area contributed by atoms with Crippen molar-refractivity contribution < 1.29 is 17.9 Å². The number of fused-ring (bicyclic) bond motifs is 1. The molecule has 1 N–H and O–H groups in total. The summed E-state index contributed by atoms with van der Waals surface area (Å²) in [5.74, 6) is -0.120. The molecule has 0 radical (unpaired) electrons. The summed E-state index contributed by atoms with van der Waals surface area (Å²) in [6.45, 7) is 4.02. The summed E-state index contributed by atoms with van der Waals surface area (Å²) in [5.41, 5.74) is 0.814. The first-order valence-corrected chi connectivity index (χ1v) is 10.1. The Labute approximate surface area is 142 Å². The van der Waals surface area contributed by atoms with Gasteiger partial charge in [0.1, 0.15) is 5.60 Å². The Balaban J connectivity index is 1.62. The van der Waals surface area contributed by atoms with E-state index in [0.717, 1.165) is 30.7 Å². The Morgan fingerprint density at radius 3 is 2.88 bits per heavy atom. The molecule has 1 aromatic rings. The molecular weight excluding hydrogens is 332 g/mol. The molecule has 0 saturated carbocycles. The van der Waals surface area contributed by atoms with Crippen LogP contribution in [-0.2, 0) is 39.2 Å². The molecule has 0 bridgehead atoms. The topological polar surface area (TPSA) is 93.5 Å². The molecule has 3 rings (SSSR count). The molecule has 24 heavy (non-hydrogen) atoms. The second-order valence-corrected chi connectivity index (χ2v) is 8.65. The fourth-order valence-electron chi connectivity index (χ4n) is 3.14. The Hall–Kier alpha value is -1.45. The maximum Gasteiger partial charge on any atom is 0.252 e. The van der Waals surface area contributed by atoms with Gasteiger partial charge in [0.2, 0.25) is 10.0 Å². The minimum absolute atomic E-state index is 0.120. The van der Waals surface area contributed by atoms with Crippen LogP contribution in [0.5, 0.6) is 0 Å². The highest BCUT2D eigenvalue weighted by Crippen LogP contribution is 2.24. The maximum atomic E-state index is 12.4. The van der Waals surface area contributed by atoms with Gasteiger partial charge in [-0.05, 0) is 32.3 Å². The number of nitrogens with one attached hydrogen (secondary N) is 1. The number of ether oxygens (including phenoxy) is 1. The number of aromatic nitrogens is 2. The van der Waals surface area contributed by atoms with Crippen LogP contribution in [0.25, 0.3) is 0 Å². The smallest absolute Gasteiger partial charge is 0.252 e. The SMILES string of the molecule is C[C@@]1(C(=O)NCc2cc3n(n2)CCN(S(C)(=O)=O)C3)CCCCO1. The molecule has 0 spiro atoms. The summed E-state index contributed by atoms with van der Waals surface area (Å²) >= 11 is 0. The summed E-state index contributed by atoms with van der Waals surface area (Å²) in [4.78, 5) is 12.4. The number of carbonyl (C=O) groups is 1. The van der Waals surface area contributed by atoms with Crippen LogP contribution in [0.2, 0.25) is 0 Å². The molecule has 1 fully saturated rings.